The van der Waals surface area contributed by atoms with Crippen LogP contribution in [0.25, 0.3) is 0 Å². The fraction of sp³-hybridized carbons (Fsp3) is 0.500. The molecule has 5 heteroatoms. The van der Waals surface area contributed by atoms with E-state index in [0.29, 0.717) is 6.42 Å². The summed E-state index contributed by atoms with van der Waals surface area (Å²) in [5.41, 5.74) is 0.948. The number of aliphatic carboxylic acids is 1. The molecule has 0 aliphatic heterocycles. The average molecular weight is 299 g/mol. The van der Waals surface area contributed by atoms with Gasteiger partial charge in [0.1, 0.15) is 4.60 Å². The second-order valence-corrected chi connectivity index (χ2v) is 5.23. The molecule has 1 aromatic heterocycles. The standard InChI is InChI=1S/C12H15BrN2O2/c13-11-5-4-10(7-14-11)15-9-3-1-2-8(6-9)12(16)17/h4-5,7-9,15H,1-3,6H2,(H,16,17). The fourth-order valence-corrected chi connectivity index (χ4v) is 2.48. The lowest BCUT2D eigenvalue weighted by atomic mass is 9.86. The second kappa shape index (κ2) is 5.49. The van der Waals surface area contributed by atoms with Crippen molar-refractivity contribution in [1.29, 1.82) is 0 Å². The number of carbonyl (C=O) groups is 1. The van der Waals surface area contributed by atoms with Gasteiger partial charge in [0.2, 0.25) is 0 Å². The van der Waals surface area contributed by atoms with Gasteiger partial charge in [-0.3, -0.25) is 4.79 Å². The van der Waals surface area contributed by atoms with E-state index in [2.05, 4.69) is 26.2 Å². The molecule has 0 aromatic carbocycles. The first kappa shape index (κ1) is 12.4. The molecule has 2 rings (SSSR count). The molecule has 0 spiro atoms. The normalized spacial score (nSPS) is 24.3. The van der Waals surface area contributed by atoms with Crippen molar-refractivity contribution in [2.45, 2.75) is 31.7 Å². The van der Waals surface area contributed by atoms with Gasteiger partial charge in [0, 0.05) is 6.04 Å². The molecule has 1 heterocycles. The minimum atomic E-state index is -0.676. The Kier molecular flexibility index (Phi) is 3.99. The molecule has 1 aromatic rings. The third-order valence-corrected chi connectivity index (χ3v) is 3.59. The van der Waals surface area contributed by atoms with Gasteiger partial charge in [0.05, 0.1) is 17.8 Å². The van der Waals surface area contributed by atoms with E-state index in [0.717, 1.165) is 29.6 Å². The van der Waals surface area contributed by atoms with E-state index in [4.69, 9.17) is 5.11 Å². The van der Waals surface area contributed by atoms with Gasteiger partial charge in [0.15, 0.2) is 0 Å². The van der Waals surface area contributed by atoms with Gasteiger partial charge in [-0.1, -0.05) is 6.42 Å². The first-order valence-electron chi connectivity index (χ1n) is 5.76. The number of anilines is 1. The SMILES string of the molecule is O=C(O)C1CCCC(Nc2ccc(Br)nc2)C1. The molecule has 4 nitrogen and oxygen atoms in total. The Morgan fingerprint density at radius 2 is 2.29 bits per heavy atom. The lowest BCUT2D eigenvalue weighted by Gasteiger charge is -2.28. The Bertz CT molecular complexity index is 394. The zero-order valence-electron chi connectivity index (χ0n) is 9.40. The number of carboxylic acid groups (broad SMARTS) is 1. The molecule has 17 heavy (non-hydrogen) atoms. The van der Waals surface area contributed by atoms with Crippen LogP contribution in [0.4, 0.5) is 5.69 Å². The molecule has 0 bridgehead atoms. The van der Waals surface area contributed by atoms with Crippen LogP contribution < -0.4 is 5.32 Å². The summed E-state index contributed by atoms with van der Waals surface area (Å²) in [5, 5.41) is 12.4. The van der Waals surface area contributed by atoms with Crippen molar-refractivity contribution in [3.63, 3.8) is 0 Å². The molecular formula is C12H15BrN2O2. The number of rotatable bonds is 3. The number of aromatic nitrogens is 1. The maximum absolute atomic E-state index is 11.0. The van der Waals surface area contributed by atoms with Crippen LogP contribution in [0.15, 0.2) is 22.9 Å². The van der Waals surface area contributed by atoms with E-state index in [1.807, 2.05) is 12.1 Å². The van der Waals surface area contributed by atoms with E-state index >= 15 is 0 Å². The summed E-state index contributed by atoms with van der Waals surface area (Å²) in [6.45, 7) is 0. The summed E-state index contributed by atoms with van der Waals surface area (Å²) in [7, 11) is 0. The first-order chi connectivity index (χ1) is 8.15. The van der Waals surface area contributed by atoms with Gasteiger partial charge in [-0.25, -0.2) is 4.98 Å². The minimum absolute atomic E-state index is 0.204. The zero-order chi connectivity index (χ0) is 12.3. The molecule has 2 unspecified atom stereocenters. The second-order valence-electron chi connectivity index (χ2n) is 4.41. The Morgan fingerprint density at radius 3 is 2.94 bits per heavy atom. The fourth-order valence-electron chi connectivity index (χ4n) is 2.24. The van der Waals surface area contributed by atoms with E-state index in [9.17, 15) is 4.79 Å². The Labute approximate surface area is 109 Å². The van der Waals surface area contributed by atoms with Crippen molar-refractivity contribution >= 4 is 27.6 Å². The highest BCUT2D eigenvalue weighted by atomic mass is 79.9. The van der Waals surface area contributed by atoms with Crippen molar-refractivity contribution in [1.82, 2.24) is 4.98 Å². The number of nitrogens with zero attached hydrogens (tertiary/aromatic N) is 1. The van der Waals surface area contributed by atoms with Crippen LogP contribution in [0, 0.1) is 5.92 Å². The largest absolute Gasteiger partial charge is 0.481 e. The highest BCUT2D eigenvalue weighted by Crippen LogP contribution is 2.26. The van der Waals surface area contributed by atoms with Gasteiger partial charge in [0.25, 0.3) is 0 Å². The quantitative estimate of drug-likeness (QED) is 0.842. The molecule has 2 N–H and O–H groups in total. The lowest BCUT2D eigenvalue weighted by molar-refractivity contribution is -0.142. The van der Waals surface area contributed by atoms with Gasteiger partial charge in [-0.2, -0.15) is 0 Å². The molecule has 1 fully saturated rings. The van der Waals surface area contributed by atoms with Crippen LogP contribution in [-0.4, -0.2) is 22.1 Å². The zero-order valence-corrected chi connectivity index (χ0v) is 11.0. The monoisotopic (exact) mass is 298 g/mol. The van der Waals surface area contributed by atoms with Crippen LogP contribution in [0.1, 0.15) is 25.7 Å². The number of nitrogens with one attached hydrogen (secondary N) is 1. The molecule has 2 atom stereocenters. The molecule has 1 aliphatic rings. The van der Waals surface area contributed by atoms with Crippen molar-refractivity contribution in [3.8, 4) is 0 Å². The van der Waals surface area contributed by atoms with Crippen LogP contribution in [-0.2, 0) is 4.79 Å². The summed E-state index contributed by atoms with van der Waals surface area (Å²) in [6.07, 6.45) is 5.25. The number of hydrogen-bond acceptors (Lipinski definition) is 3. The lowest BCUT2D eigenvalue weighted by Crippen LogP contribution is -2.30. The van der Waals surface area contributed by atoms with E-state index in [1.165, 1.54) is 0 Å². The Morgan fingerprint density at radius 1 is 1.47 bits per heavy atom. The minimum Gasteiger partial charge on any atom is -0.481 e. The number of hydrogen-bond donors (Lipinski definition) is 2. The first-order valence-corrected chi connectivity index (χ1v) is 6.55. The summed E-state index contributed by atoms with van der Waals surface area (Å²) in [5.74, 6) is -0.880. The third-order valence-electron chi connectivity index (χ3n) is 3.12. The van der Waals surface area contributed by atoms with Crippen LogP contribution in [0.3, 0.4) is 0 Å². The highest BCUT2D eigenvalue weighted by Gasteiger charge is 2.26. The van der Waals surface area contributed by atoms with Crippen LogP contribution >= 0.6 is 15.9 Å². The van der Waals surface area contributed by atoms with Gasteiger partial charge in [-0.15, -0.1) is 0 Å². The molecule has 0 amide bonds. The number of carboxylic acids is 1. The van der Waals surface area contributed by atoms with Crippen molar-refractivity contribution in [2.75, 3.05) is 5.32 Å². The predicted octanol–water partition coefficient (Wildman–Crippen LogP) is 2.90. The topological polar surface area (TPSA) is 62.2 Å². The number of halogens is 1. The number of pyridine rings is 1. The molecule has 1 saturated carbocycles. The Hall–Kier alpha value is -1.10. The Balaban J connectivity index is 1.94. The van der Waals surface area contributed by atoms with Crippen molar-refractivity contribution in [3.05, 3.63) is 22.9 Å². The summed E-state index contributed by atoms with van der Waals surface area (Å²) in [4.78, 5) is 15.1. The smallest absolute Gasteiger partial charge is 0.306 e. The average Bonchev–Trinajstić information content (AvgIpc) is 2.32. The van der Waals surface area contributed by atoms with Gasteiger partial charge >= 0.3 is 5.97 Å². The molecule has 92 valence electrons. The molecule has 0 radical (unpaired) electrons. The predicted molar refractivity (Wildman–Crippen MR) is 68.9 cm³/mol. The van der Waals surface area contributed by atoms with E-state index in [-0.39, 0.29) is 12.0 Å². The maximum atomic E-state index is 11.0. The van der Waals surface area contributed by atoms with Crippen molar-refractivity contribution in [2.24, 2.45) is 5.92 Å². The van der Waals surface area contributed by atoms with E-state index < -0.39 is 5.97 Å². The maximum Gasteiger partial charge on any atom is 0.306 e. The summed E-state index contributed by atoms with van der Waals surface area (Å²) in [6, 6.07) is 4.06. The van der Waals surface area contributed by atoms with Gasteiger partial charge in [-0.05, 0) is 47.3 Å². The molecule has 1 aliphatic carbocycles. The summed E-state index contributed by atoms with van der Waals surface area (Å²) >= 11 is 3.28. The molecular weight excluding hydrogens is 284 g/mol. The molecule has 0 saturated heterocycles. The van der Waals surface area contributed by atoms with Crippen LogP contribution in [0.5, 0.6) is 0 Å². The van der Waals surface area contributed by atoms with Gasteiger partial charge < -0.3 is 10.4 Å². The van der Waals surface area contributed by atoms with Crippen LogP contribution in [0.2, 0.25) is 0 Å². The van der Waals surface area contributed by atoms with E-state index in [1.54, 1.807) is 6.20 Å². The summed E-state index contributed by atoms with van der Waals surface area (Å²) < 4.78 is 0.801. The highest BCUT2D eigenvalue weighted by molar-refractivity contribution is 9.10. The van der Waals surface area contributed by atoms with Crippen molar-refractivity contribution < 1.29 is 9.90 Å². The third kappa shape index (κ3) is 3.43.